The molecular weight excluding hydrogens is 344 g/mol. The van der Waals surface area contributed by atoms with Crippen LogP contribution >= 0.6 is 0 Å². The van der Waals surface area contributed by atoms with Crippen LogP contribution in [-0.4, -0.2) is 34.3 Å². The summed E-state index contributed by atoms with van der Waals surface area (Å²) in [6.07, 6.45) is 2.16. The highest BCUT2D eigenvalue weighted by Gasteiger charge is 2.15. The van der Waals surface area contributed by atoms with E-state index in [1.807, 2.05) is 11.9 Å². The number of nitrogens with zero attached hydrogens (tertiary/aromatic N) is 2. The second-order valence-electron chi connectivity index (χ2n) is 6.08. The van der Waals surface area contributed by atoms with Crippen LogP contribution in [0.25, 0.3) is 0 Å². The van der Waals surface area contributed by atoms with Gasteiger partial charge in [0.15, 0.2) is 6.29 Å². The lowest BCUT2D eigenvalue weighted by atomic mass is 10.1. The third kappa shape index (κ3) is 3.79. The van der Waals surface area contributed by atoms with Crippen molar-refractivity contribution in [2.24, 2.45) is 0 Å². The van der Waals surface area contributed by atoms with Crippen molar-refractivity contribution >= 4 is 17.8 Å². The van der Waals surface area contributed by atoms with E-state index in [0.717, 1.165) is 5.69 Å². The van der Waals surface area contributed by atoms with Crippen LogP contribution in [0, 0.1) is 0 Å². The lowest BCUT2D eigenvalue weighted by Crippen LogP contribution is -2.17. The summed E-state index contributed by atoms with van der Waals surface area (Å²) >= 11 is 0. The molecule has 1 heterocycles. The predicted molar refractivity (Wildman–Crippen MR) is 101 cm³/mol. The molecule has 0 aliphatic heterocycles. The van der Waals surface area contributed by atoms with Gasteiger partial charge in [-0.15, -0.1) is 0 Å². The van der Waals surface area contributed by atoms with Gasteiger partial charge >= 0.3 is 0 Å². The summed E-state index contributed by atoms with van der Waals surface area (Å²) in [6, 6.07) is 14.6. The van der Waals surface area contributed by atoms with Crippen molar-refractivity contribution < 1.29 is 19.8 Å². The Kier molecular flexibility index (Phi) is 5.17. The fraction of sp³-hybridized carbons (Fsp3) is 0.0952. The standard InChI is InChI=1S/C21H18N2O4/c1-23(12-14-5-4-6-15(13-24)20(14)26)16-9-10-18(22-11-16)21(27)17-7-2-3-8-19(17)25/h2-11,13,25-26H,12H2,1H3. The van der Waals surface area contributed by atoms with Gasteiger partial charge in [0, 0.05) is 19.2 Å². The number of aromatic hydroxyl groups is 2. The number of phenols is 2. The summed E-state index contributed by atoms with van der Waals surface area (Å²) < 4.78 is 0. The minimum atomic E-state index is -0.362. The molecule has 0 aliphatic carbocycles. The van der Waals surface area contributed by atoms with E-state index in [9.17, 15) is 19.8 Å². The minimum Gasteiger partial charge on any atom is -0.507 e. The first-order valence-corrected chi connectivity index (χ1v) is 8.27. The number of carbonyl (C=O) groups is 2. The van der Waals surface area contributed by atoms with E-state index >= 15 is 0 Å². The van der Waals surface area contributed by atoms with E-state index in [0.29, 0.717) is 18.4 Å². The smallest absolute Gasteiger partial charge is 0.215 e. The molecule has 27 heavy (non-hydrogen) atoms. The van der Waals surface area contributed by atoms with Crippen molar-refractivity contribution in [1.82, 2.24) is 4.98 Å². The number of rotatable bonds is 6. The van der Waals surface area contributed by atoms with Crippen molar-refractivity contribution in [3.05, 3.63) is 83.2 Å². The van der Waals surface area contributed by atoms with Gasteiger partial charge in [0.25, 0.3) is 0 Å². The maximum Gasteiger partial charge on any atom is 0.215 e. The Bertz CT molecular complexity index is 984. The molecule has 136 valence electrons. The number of hydrogen-bond acceptors (Lipinski definition) is 6. The number of hydrogen-bond donors (Lipinski definition) is 2. The van der Waals surface area contributed by atoms with Crippen LogP contribution in [0.4, 0.5) is 5.69 Å². The van der Waals surface area contributed by atoms with E-state index in [4.69, 9.17) is 0 Å². The highest BCUT2D eigenvalue weighted by molar-refractivity contribution is 6.09. The largest absolute Gasteiger partial charge is 0.507 e. The van der Waals surface area contributed by atoms with Crippen molar-refractivity contribution in [2.45, 2.75) is 6.54 Å². The molecule has 2 N–H and O–H groups in total. The van der Waals surface area contributed by atoms with Crippen molar-refractivity contribution in [3.63, 3.8) is 0 Å². The summed E-state index contributed by atoms with van der Waals surface area (Å²) in [5, 5.41) is 19.9. The first-order chi connectivity index (χ1) is 13.0. The molecule has 3 aromatic rings. The number of para-hydroxylation sites is 2. The maximum atomic E-state index is 12.5. The van der Waals surface area contributed by atoms with E-state index in [-0.39, 0.29) is 34.1 Å². The van der Waals surface area contributed by atoms with Gasteiger partial charge in [0.1, 0.15) is 17.2 Å². The van der Waals surface area contributed by atoms with E-state index in [1.165, 1.54) is 6.07 Å². The molecule has 0 aliphatic rings. The van der Waals surface area contributed by atoms with Gasteiger partial charge in [-0.05, 0) is 30.3 Å². The summed E-state index contributed by atoms with van der Waals surface area (Å²) in [5.74, 6) is -0.492. The Morgan fingerprint density at radius 2 is 1.85 bits per heavy atom. The summed E-state index contributed by atoms with van der Waals surface area (Å²) in [4.78, 5) is 29.4. The van der Waals surface area contributed by atoms with Crippen molar-refractivity contribution in [2.75, 3.05) is 11.9 Å². The average molecular weight is 362 g/mol. The number of benzene rings is 2. The minimum absolute atomic E-state index is 0.0429. The number of carbonyl (C=O) groups excluding carboxylic acids is 2. The predicted octanol–water partition coefficient (Wildman–Crippen LogP) is 3.17. The fourth-order valence-electron chi connectivity index (χ4n) is 2.73. The van der Waals surface area contributed by atoms with Crippen LogP contribution in [0.15, 0.2) is 60.8 Å². The zero-order valence-electron chi connectivity index (χ0n) is 14.7. The van der Waals surface area contributed by atoms with Gasteiger partial charge in [-0.1, -0.05) is 24.3 Å². The molecule has 0 saturated carbocycles. The number of aromatic nitrogens is 1. The van der Waals surface area contributed by atoms with Crippen LogP contribution in [0.1, 0.15) is 32.0 Å². The molecule has 0 bridgehead atoms. The molecule has 0 radical (unpaired) electrons. The maximum absolute atomic E-state index is 12.5. The molecule has 0 amide bonds. The molecule has 6 nitrogen and oxygen atoms in total. The van der Waals surface area contributed by atoms with Gasteiger partial charge in [-0.2, -0.15) is 0 Å². The lowest BCUT2D eigenvalue weighted by molar-refractivity contribution is 0.103. The van der Waals surface area contributed by atoms with Gasteiger partial charge in [-0.3, -0.25) is 14.6 Å². The molecule has 0 saturated heterocycles. The van der Waals surface area contributed by atoms with Crippen LogP contribution < -0.4 is 4.90 Å². The Labute approximate surface area is 156 Å². The Morgan fingerprint density at radius 1 is 1.07 bits per heavy atom. The van der Waals surface area contributed by atoms with E-state index in [1.54, 1.807) is 54.7 Å². The average Bonchev–Trinajstić information content (AvgIpc) is 2.69. The highest BCUT2D eigenvalue weighted by Crippen LogP contribution is 2.25. The molecule has 2 aromatic carbocycles. The molecular formula is C21H18N2O4. The first kappa shape index (κ1) is 18.1. The molecule has 1 aromatic heterocycles. The highest BCUT2D eigenvalue weighted by atomic mass is 16.3. The normalized spacial score (nSPS) is 10.4. The second kappa shape index (κ2) is 7.70. The molecule has 6 heteroatoms. The number of ketones is 1. The van der Waals surface area contributed by atoms with E-state index in [2.05, 4.69) is 4.98 Å². The van der Waals surface area contributed by atoms with Crippen LogP contribution in [0.3, 0.4) is 0 Å². The molecule has 0 unspecified atom stereocenters. The molecule has 3 rings (SSSR count). The second-order valence-corrected chi connectivity index (χ2v) is 6.08. The number of phenolic OH excluding ortho intramolecular Hbond substituents is 2. The van der Waals surface area contributed by atoms with Gasteiger partial charge in [0.05, 0.1) is 23.0 Å². The van der Waals surface area contributed by atoms with Gasteiger partial charge in [-0.25, -0.2) is 0 Å². The topological polar surface area (TPSA) is 90.7 Å². The molecule has 0 atom stereocenters. The summed E-state index contributed by atoms with van der Waals surface area (Å²) in [7, 11) is 1.81. The Balaban J connectivity index is 1.78. The van der Waals surface area contributed by atoms with Crippen molar-refractivity contribution in [3.8, 4) is 11.5 Å². The Morgan fingerprint density at radius 3 is 2.52 bits per heavy atom. The summed E-state index contributed by atoms with van der Waals surface area (Å²) in [5.41, 5.74) is 2.00. The Hall–Kier alpha value is -3.67. The lowest BCUT2D eigenvalue weighted by Gasteiger charge is -2.20. The number of pyridine rings is 1. The number of aldehydes is 1. The van der Waals surface area contributed by atoms with Crippen LogP contribution in [0.5, 0.6) is 11.5 Å². The van der Waals surface area contributed by atoms with Gasteiger partial charge in [0.2, 0.25) is 5.78 Å². The fourth-order valence-corrected chi connectivity index (χ4v) is 2.73. The third-order valence-electron chi connectivity index (χ3n) is 4.26. The first-order valence-electron chi connectivity index (χ1n) is 8.27. The van der Waals surface area contributed by atoms with Crippen LogP contribution in [-0.2, 0) is 6.54 Å². The quantitative estimate of drug-likeness (QED) is 0.517. The zero-order valence-corrected chi connectivity index (χ0v) is 14.7. The zero-order chi connectivity index (χ0) is 19.4. The SMILES string of the molecule is CN(Cc1cccc(C=O)c1O)c1ccc(C(=O)c2ccccc2O)nc1. The number of anilines is 1. The van der Waals surface area contributed by atoms with Crippen LogP contribution in [0.2, 0.25) is 0 Å². The monoisotopic (exact) mass is 362 g/mol. The van der Waals surface area contributed by atoms with Crippen molar-refractivity contribution in [1.29, 1.82) is 0 Å². The third-order valence-corrected chi connectivity index (χ3v) is 4.26. The molecule has 0 spiro atoms. The summed E-state index contributed by atoms with van der Waals surface area (Å²) in [6.45, 7) is 0.363. The molecule has 0 fully saturated rings. The van der Waals surface area contributed by atoms with E-state index < -0.39 is 0 Å². The van der Waals surface area contributed by atoms with Gasteiger partial charge < -0.3 is 15.1 Å².